The number of nitrogens with one attached hydrogen (secondary N) is 2. The Kier molecular flexibility index (Phi) is 7.48. The molecule has 0 fully saturated rings. The molecule has 0 saturated heterocycles. The van der Waals surface area contributed by atoms with E-state index in [1.165, 1.54) is 0 Å². The highest BCUT2D eigenvalue weighted by Crippen LogP contribution is 2.38. The quantitative estimate of drug-likeness (QED) is 0.427. The number of anilines is 1. The van der Waals surface area contributed by atoms with E-state index in [2.05, 4.69) is 16.7 Å². The number of likely N-dealkylation sites (N-methyl/N-ethyl adjacent to an activating group) is 1. The van der Waals surface area contributed by atoms with Crippen molar-refractivity contribution < 1.29 is 14.4 Å². The first kappa shape index (κ1) is 27.2. The number of benzene rings is 3. The predicted molar refractivity (Wildman–Crippen MR) is 157 cm³/mol. The summed E-state index contributed by atoms with van der Waals surface area (Å²) in [5, 5.41) is 6.12. The number of urea groups is 1. The topological polar surface area (TPSA) is 81.8 Å². The summed E-state index contributed by atoms with van der Waals surface area (Å²) in [5.74, 6) is -0.486. The molecule has 0 aromatic heterocycles. The van der Waals surface area contributed by atoms with Crippen LogP contribution in [-0.4, -0.2) is 46.8 Å². The Labute approximate surface area is 235 Å². The first-order valence-corrected chi connectivity index (χ1v) is 13.8. The van der Waals surface area contributed by atoms with Crippen LogP contribution in [0.4, 0.5) is 10.5 Å². The van der Waals surface area contributed by atoms with Crippen LogP contribution in [0.1, 0.15) is 46.3 Å². The van der Waals surface area contributed by atoms with E-state index in [4.69, 9.17) is 0 Å². The third-order valence-corrected chi connectivity index (χ3v) is 8.03. The number of amides is 4. The van der Waals surface area contributed by atoms with Crippen LogP contribution in [0.2, 0.25) is 0 Å². The Morgan fingerprint density at radius 2 is 1.70 bits per heavy atom. The van der Waals surface area contributed by atoms with Gasteiger partial charge in [0.05, 0.1) is 23.9 Å². The van der Waals surface area contributed by atoms with Gasteiger partial charge in [-0.05, 0) is 74.6 Å². The number of carbonyl (C=O) groups is 3. The highest BCUT2D eigenvalue weighted by atomic mass is 16.2. The number of carbonyl (C=O) groups excluding carboxylic acids is 3. The highest BCUT2D eigenvalue weighted by Gasteiger charge is 2.47. The van der Waals surface area contributed by atoms with Gasteiger partial charge in [-0.15, -0.1) is 0 Å². The minimum Gasteiger partial charge on any atom is -0.326 e. The molecule has 0 unspecified atom stereocenters. The lowest BCUT2D eigenvalue weighted by Gasteiger charge is -2.33. The average Bonchev–Trinajstić information content (AvgIpc) is 3.26. The van der Waals surface area contributed by atoms with Crippen LogP contribution in [0.3, 0.4) is 0 Å². The van der Waals surface area contributed by atoms with Crippen molar-refractivity contribution in [3.8, 4) is 0 Å². The van der Waals surface area contributed by atoms with Crippen molar-refractivity contribution in [1.29, 1.82) is 0 Å². The molecule has 2 aliphatic heterocycles. The summed E-state index contributed by atoms with van der Waals surface area (Å²) < 4.78 is 0. The molecular weight excluding hydrogens is 500 g/mol. The van der Waals surface area contributed by atoms with E-state index in [1.807, 2.05) is 95.3 Å². The van der Waals surface area contributed by atoms with E-state index >= 15 is 0 Å². The van der Waals surface area contributed by atoms with Crippen LogP contribution in [0, 0.1) is 27.7 Å². The standard InChI is InChI=1S/C33H36N4O3/c1-6-36-28-19-37(32(39)29(28)30(35-33(36)40)26-15-12-20(2)16-23(26)5)27(18-24-10-8-7-9-11-24)31(38)34-25-14-13-21(3)22(4)17-25/h7-17,27,30H,6,18-19H2,1-5H3,(H,34,38)(H,35,40)/t27-,30-/m1/s1. The number of rotatable bonds is 7. The molecule has 40 heavy (non-hydrogen) atoms. The normalized spacial score (nSPS) is 17.6. The van der Waals surface area contributed by atoms with Crippen molar-refractivity contribution in [1.82, 2.24) is 15.1 Å². The van der Waals surface area contributed by atoms with Gasteiger partial charge in [-0.1, -0.05) is 60.2 Å². The molecule has 0 bridgehead atoms. The zero-order chi connectivity index (χ0) is 28.6. The van der Waals surface area contributed by atoms with Gasteiger partial charge in [-0.3, -0.25) is 14.5 Å². The van der Waals surface area contributed by atoms with E-state index in [9.17, 15) is 14.4 Å². The summed E-state index contributed by atoms with van der Waals surface area (Å²) in [7, 11) is 0. The molecule has 7 nitrogen and oxygen atoms in total. The van der Waals surface area contributed by atoms with Crippen molar-refractivity contribution >= 4 is 23.5 Å². The summed E-state index contributed by atoms with van der Waals surface area (Å²) in [5.41, 5.74) is 8.05. The average molecular weight is 537 g/mol. The first-order chi connectivity index (χ1) is 19.2. The lowest BCUT2D eigenvalue weighted by molar-refractivity contribution is -0.134. The number of aryl methyl sites for hydroxylation is 4. The second kappa shape index (κ2) is 11.0. The van der Waals surface area contributed by atoms with Crippen molar-refractivity contribution in [2.24, 2.45) is 0 Å². The van der Waals surface area contributed by atoms with Crippen LogP contribution in [-0.2, 0) is 16.0 Å². The summed E-state index contributed by atoms with van der Waals surface area (Å²) in [6.45, 7) is 10.5. The molecule has 7 heteroatoms. The highest BCUT2D eigenvalue weighted by molar-refractivity contribution is 6.05. The van der Waals surface area contributed by atoms with E-state index < -0.39 is 12.1 Å². The molecule has 3 aromatic rings. The van der Waals surface area contributed by atoms with E-state index in [0.29, 0.717) is 29.9 Å². The largest absolute Gasteiger partial charge is 0.326 e. The Bertz CT molecular complexity index is 1510. The second-order valence-corrected chi connectivity index (χ2v) is 10.8. The summed E-state index contributed by atoms with van der Waals surface area (Å²) in [6, 6.07) is 20.0. The minimum atomic E-state index is -0.768. The summed E-state index contributed by atoms with van der Waals surface area (Å²) >= 11 is 0. The van der Waals surface area contributed by atoms with Gasteiger partial charge in [0.25, 0.3) is 5.91 Å². The molecule has 4 amide bonds. The van der Waals surface area contributed by atoms with Gasteiger partial charge in [-0.25, -0.2) is 4.79 Å². The van der Waals surface area contributed by atoms with Gasteiger partial charge in [0.2, 0.25) is 5.91 Å². The van der Waals surface area contributed by atoms with Gasteiger partial charge in [0.15, 0.2) is 0 Å². The third kappa shape index (κ3) is 5.11. The zero-order valence-corrected chi connectivity index (χ0v) is 23.7. The van der Waals surface area contributed by atoms with Crippen molar-refractivity contribution in [2.45, 2.75) is 53.1 Å². The first-order valence-electron chi connectivity index (χ1n) is 13.8. The van der Waals surface area contributed by atoms with E-state index in [1.54, 1.807) is 9.80 Å². The van der Waals surface area contributed by atoms with Crippen molar-refractivity contribution in [3.63, 3.8) is 0 Å². The van der Waals surface area contributed by atoms with Gasteiger partial charge >= 0.3 is 6.03 Å². The maximum Gasteiger partial charge on any atom is 0.322 e. The fraction of sp³-hybridized carbons (Fsp3) is 0.303. The van der Waals surface area contributed by atoms with E-state index in [-0.39, 0.29) is 24.4 Å². The molecule has 2 aliphatic rings. The van der Waals surface area contributed by atoms with Gasteiger partial charge in [0, 0.05) is 18.7 Å². The van der Waals surface area contributed by atoms with Crippen molar-refractivity contribution in [2.75, 3.05) is 18.4 Å². The van der Waals surface area contributed by atoms with Crippen LogP contribution in [0.5, 0.6) is 0 Å². The smallest absolute Gasteiger partial charge is 0.322 e. The predicted octanol–water partition coefficient (Wildman–Crippen LogP) is 5.35. The molecule has 0 radical (unpaired) electrons. The Morgan fingerprint density at radius 3 is 2.38 bits per heavy atom. The van der Waals surface area contributed by atoms with Gasteiger partial charge in [-0.2, -0.15) is 0 Å². The van der Waals surface area contributed by atoms with Crippen LogP contribution >= 0.6 is 0 Å². The molecule has 0 saturated carbocycles. The fourth-order valence-electron chi connectivity index (χ4n) is 5.71. The number of hydrogen-bond acceptors (Lipinski definition) is 3. The fourth-order valence-corrected chi connectivity index (χ4v) is 5.71. The lowest BCUT2D eigenvalue weighted by atomic mass is 9.91. The van der Waals surface area contributed by atoms with Gasteiger partial charge in [0.1, 0.15) is 6.04 Å². The summed E-state index contributed by atoms with van der Waals surface area (Å²) in [6.07, 6.45) is 0.353. The molecule has 2 heterocycles. The van der Waals surface area contributed by atoms with Crippen molar-refractivity contribution in [3.05, 3.63) is 111 Å². The SMILES string of the molecule is CCN1C(=O)N[C@H](c2ccc(C)cc2C)C2=C1CN([C@H](Cc1ccccc1)C(=O)Nc1ccc(C)c(C)c1)C2=O. The number of hydrogen-bond donors (Lipinski definition) is 2. The second-order valence-electron chi connectivity index (χ2n) is 10.8. The molecule has 2 atom stereocenters. The molecule has 2 N–H and O–H groups in total. The molecular formula is C33H36N4O3. The third-order valence-electron chi connectivity index (χ3n) is 8.03. The lowest BCUT2D eigenvalue weighted by Crippen LogP contribution is -2.47. The Morgan fingerprint density at radius 1 is 0.950 bits per heavy atom. The molecule has 0 spiro atoms. The van der Waals surface area contributed by atoms with Crippen LogP contribution < -0.4 is 10.6 Å². The summed E-state index contributed by atoms with van der Waals surface area (Å²) in [4.78, 5) is 44.6. The minimum absolute atomic E-state index is 0.189. The Balaban J connectivity index is 1.53. The van der Waals surface area contributed by atoms with Crippen LogP contribution in [0.25, 0.3) is 0 Å². The Hall–Kier alpha value is -4.39. The molecule has 5 rings (SSSR count). The molecule has 206 valence electrons. The monoisotopic (exact) mass is 536 g/mol. The van der Waals surface area contributed by atoms with Gasteiger partial charge < -0.3 is 15.5 Å². The zero-order valence-electron chi connectivity index (χ0n) is 23.7. The molecule has 0 aliphatic carbocycles. The van der Waals surface area contributed by atoms with Crippen LogP contribution in [0.15, 0.2) is 78.0 Å². The maximum absolute atomic E-state index is 14.3. The molecule has 3 aromatic carbocycles. The number of nitrogens with zero attached hydrogens (tertiary/aromatic N) is 2. The van der Waals surface area contributed by atoms with E-state index in [0.717, 1.165) is 33.4 Å². The maximum atomic E-state index is 14.3.